The quantitative estimate of drug-likeness (QED) is 0.115. The van der Waals surface area contributed by atoms with Crippen LogP contribution in [0.1, 0.15) is 19.3 Å². The molecule has 278 valence electrons. The molecule has 28 heteroatoms. The van der Waals surface area contributed by atoms with Crippen molar-refractivity contribution in [2.24, 2.45) is 0 Å². The molecule has 0 aromatic rings. The molecule has 0 aromatic heterocycles. The van der Waals surface area contributed by atoms with Crippen LogP contribution in [0.25, 0.3) is 0 Å². The smallest absolute Gasteiger partial charge is 0.200 e. The zero-order valence-electron chi connectivity index (χ0n) is 20.9. The van der Waals surface area contributed by atoms with Gasteiger partial charge in [0.05, 0.1) is 0 Å². The monoisotopic (exact) mass is 772 g/mol. The fourth-order valence-corrected chi connectivity index (χ4v) is 5.39. The molecule has 0 aliphatic carbocycles. The molecular formula is C18H12F27P. The summed E-state index contributed by atoms with van der Waals surface area (Å²) in [5, 5.41) is 0. The Hall–Kier alpha value is -1.46. The van der Waals surface area contributed by atoms with Crippen LogP contribution in [0.4, 0.5) is 119 Å². The molecule has 0 aromatic carbocycles. The van der Waals surface area contributed by atoms with E-state index in [1.54, 1.807) is 0 Å². The van der Waals surface area contributed by atoms with E-state index < -0.39 is 118 Å². The third-order valence-corrected chi connectivity index (χ3v) is 8.42. The summed E-state index contributed by atoms with van der Waals surface area (Å²) < 4.78 is 351. The summed E-state index contributed by atoms with van der Waals surface area (Å²) in [6, 6.07) is 0. The molecule has 0 rings (SSSR count). The van der Waals surface area contributed by atoms with Crippen LogP contribution < -0.4 is 0 Å². The van der Waals surface area contributed by atoms with Gasteiger partial charge in [0.25, 0.3) is 0 Å². The van der Waals surface area contributed by atoms with Gasteiger partial charge in [0, 0.05) is 19.3 Å². The molecule has 0 saturated carbocycles. The van der Waals surface area contributed by atoms with E-state index in [-0.39, 0.29) is 0 Å². The molecule has 0 aliphatic rings. The summed E-state index contributed by atoms with van der Waals surface area (Å²) in [5.74, 6) is -66.0. The lowest BCUT2D eigenvalue weighted by molar-refractivity contribution is -0.396. The molecule has 0 N–H and O–H groups in total. The standard InChI is InChI=1S/C18H12F27P/c19-7(20,10(25,26)13(31,32)16(37,38)39)1-4-46(5-2-8(21,22)11(27,28)14(33,34)17(40,41)42)6-3-9(23,24)12(29,30)15(35,36)18(43,44)45/h1-6H2. The van der Waals surface area contributed by atoms with E-state index in [1.807, 2.05) is 0 Å². The van der Waals surface area contributed by atoms with Crippen molar-refractivity contribution in [1.29, 1.82) is 0 Å². The first kappa shape index (κ1) is 44.5. The molecule has 46 heavy (non-hydrogen) atoms. The van der Waals surface area contributed by atoms with E-state index in [2.05, 4.69) is 0 Å². The lowest BCUT2D eigenvalue weighted by atomic mass is 10.0. The van der Waals surface area contributed by atoms with Crippen LogP contribution >= 0.6 is 7.92 Å². The Morgan fingerprint density at radius 3 is 0.522 bits per heavy atom. The molecule has 0 heterocycles. The second-order valence-corrected chi connectivity index (χ2v) is 11.8. The van der Waals surface area contributed by atoms with E-state index in [9.17, 15) is 119 Å². The molecule has 0 atom stereocenters. The Morgan fingerprint density at radius 1 is 0.239 bits per heavy atom. The Labute approximate surface area is 237 Å². The van der Waals surface area contributed by atoms with Gasteiger partial charge in [-0.15, -0.1) is 7.92 Å². The maximum Gasteiger partial charge on any atom is 0.460 e. The summed E-state index contributed by atoms with van der Waals surface area (Å²) >= 11 is 0. The fourth-order valence-electron chi connectivity index (χ4n) is 2.93. The number of rotatable bonds is 15. The molecule has 0 radical (unpaired) electrons. The SMILES string of the molecule is FC(F)(F)C(F)(F)C(F)(F)C(F)(F)CCP(CCC(F)(F)C(F)(F)C(F)(F)C(F)(F)F)CCC(F)(F)C(F)(F)C(F)(F)C(F)(F)F. The number of alkyl halides is 27. The van der Waals surface area contributed by atoms with E-state index in [4.69, 9.17) is 0 Å². The van der Waals surface area contributed by atoms with Gasteiger partial charge in [0.1, 0.15) is 0 Å². The van der Waals surface area contributed by atoms with Crippen molar-refractivity contribution >= 4 is 7.92 Å². The first-order valence-corrected chi connectivity index (χ1v) is 12.8. The molecule has 0 aliphatic heterocycles. The zero-order valence-corrected chi connectivity index (χ0v) is 21.8. The van der Waals surface area contributed by atoms with Crippen LogP contribution in [0, 0.1) is 0 Å². The molecule has 0 saturated heterocycles. The van der Waals surface area contributed by atoms with Gasteiger partial charge in [-0.1, -0.05) is 0 Å². The molecule has 0 spiro atoms. The molecule has 0 nitrogen and oxygen atoms in total. The maximum absolute atomic E-state index is 13.8. The first-order chi connectivity index (χ1) is 19.5. The maximum atomic E-state index is 13.8. The van der Waals surface area contributed by atoms with Crippen molar-refractivity contribution in [3.05, 3.63) is 0 Å². The van der Waals surface area contributed by atoms with Gasteiger partial charge in [0.2, 0.25) is 0 Å². The van der Waals surface area contributed by atoms with Crippen molar-refractivity contribution in [2.45, 2.75) is 91.1 Å². The molecule has 0 amide bonds. The van der Waals surface area contributed by atoms with Crippen LogP contribution in [0.3, 0.4) is 0 Å². The van der Waals surface area contributed by atoms with Gasteiger partial charge < -0.3 is 0 Å². The lowest BCUT2D eigenvalue weighted by Crippen LogP contribution is -2.61. The van der Waals surface area contributed by atoms with Crippen LogP contribution in [0.15, 0.2) is 0 Å². The number of hydrogen-bond donors (Lipinski definition) is 0. The summed E-state index contributed by atoms with van der Waals surface area (Å²) in [4.78, 5) is 0. The highest BCUT2D eigenvalue weighted by molar-refractivity contribution is 7.57. The van der Waals surface area contributed by atoms with Gasteiger partial charge in [-0.05, 0) is 18.5 Å². The van der Waals surface area contributed by atoms with E-state index in [1.165, 1.54) is 0 Å². The highest BCUT2D eigenvalue weighted by Gasteiger charge is 2.83. The molecule has 0 unspecified atom stereocenters. The van der Waals surface area contributed by atoms with E-state index in [0.29, 0.717) is 0 Å². The van der Waals surface area contributed by atoms with Crippen LogP contribution in [-0.2, 0) is 0 Å². The molecule has 0 fully saturated rings. The number of halogens is 27. The third kappa shape index (κ3) is 7.72. The largest absolute Gasteiger partial charge is 0.460 e. The topological polar surface area (TPSA) is 0 Å². The minimum atomic E-state index is -7.68. The first-order valence-electron chi connectivity index (χ1n) is 10.9. The van der Waals surface area contributed by atoms with Crippen molar-refractivity contribution in [1.82, 2.24) is 0 Å². The van der Waals surface area contributed by atoms with E-state index in [0.717, 1.165) is 0 Å². The average Bonchev–Trinajstić information content (AvgIpc) is 2.80. The van der Waals surface area contributed by atoms with E-state index >= 15 is 0 Å². The normalized spacial score (nSPS) is 16.4. The Kier molecular flexibility index (Phi) is 12.1. The minimum absolute atomic E-state index is 2.51. The summed E-state index contributed by atoms with van der Waals surface area (Å²) in [6.07, 6.45) is -39.8. The highest BCUT2D eigenvalue weighted by Crippen LogP contribution is 2.59. The zero-order chi connectivity index (χ0) is 37.8. The molecule has 0 bridgehead atoms. The van der Waals surface area contributed by atoms with Crippen LogP contribution in [0.2, 0.25) is 0 Å². The Balaban J connectivity index is 6.58. The van der Waals surface area contributed by atoms with Crippen LogP contribution in [-0.4, -0.2) is 90.3 Å². The molecular weight excluding hydrogens is 760 g/mol. The minimum Gasteiger partial charge on any atom is -0.200 e. The third-order valence-electron chi connectivity index (χ3n) is 5.86. The lowest BCUT2D eigenvalue weighted by Gasteiger charge is -2.36. The number of hydrogen-bond acceptors (Lipinski definition) is 0. The Bertz CT molecular complexity index is 885. The van der Waals surface area contributed by atoms with Gasteiger partial charge >= 0.3 is 71.8 Å². The highest BCUT2D eigenvalue weighted by atomic mass is 31.1. The average molecular weight is 772 g/mol. The van der Waals surface area contributed by atoms with Crippen molar-refractivity contribution < 1.29 is 119 Å². The summed E-state index contributed by atoms with van der Waals surface area (Å²) in [5.41, 5.74) is 0. The second kappa shape index (κ2) is 12.5. The van der Waals surface area contributed by atoms with Crippen LogP contribution in [0.5, 0.6) is 0 Å². The summed E-state index contributed by atoms with van der Waals surface area (Å²) in [6.45, 7) is 0. The van der Waals surface area contributed by atoms with Crippen molar-refractivity contribution in [3.8, 4) is 0 Å². The van der Waals surface area contributed by atoms with Crippen molar-refractivity contribution in [3.63, 3.8) is 0 Å². The summed E-state index contributed by atoms with van der Waals surface area (Å²) in [7, 11) is -4.11. The predicted molar refractivity (Wildman–Crippen MR) is 98.1 cm³/mol. The van der Waals surface area contributed by atoms with Gasteiger partial charge in [0.15, 0.2) is 0 Å². The van der Waals surface area contributed by atoms with Gasteiger partial charge in [-0.3, -0.25) is 0 Å². The van der Waals surface area contributed by atoms with Gasteiger partial charge in [-0.2, -0.15) is 119 Å². The van der Waals surface area contributed by atoms with Crippen molar-refractivity contribution in [2.75, 3.05) is 18.5 Å². The predicted octanol–water partition coefficient (Wildman–Crippen LogP) is 11.0. The second-order valence-electron chi connectivity index (χ2n) is 9.14. The Morgan fingerprint density at radius 2 is 0.391 bits per heavy atom. The fraction of sp³-hybridized carbons (Fsp3) is 1.00. The van der Waals surface area contributed by atoms with Gasteiger partial charge in [-0.25, -0.2) is 0 Å².